The number of hydrogen-bond acceptors (Lipinski definition) is 3. The van der Waals surface area contributed by atoms with Crippen LogP contribution in [0, 0.1) is 0 Å². The average Bonchev–Trinajstić information content (AvgIpc) is 2.78. The molecule has 31 heavy (non-hydrogen) atoms. The summed E-state index contributed by atoms with van der Waals surface area (Å²) in [6.07, 6.45) is 0. The van der Waals surface area contributed by atoms with Gasteiger partial charge in [0, 0.05) is 39.8 Å². The number of amides is 1. The van der Waals surface area contributed by atoms with E-state index in [2.05, 4.69) is 58.6 Å². The lowest BCUT2D eigenvalue weighted by atomic mass is 10.1. The zero-order valence-electron chi connectivity index (χ0n) is 19.3. The molecule has 0 aromatic heterocycles. The molecule has 1 atom stereocenters. The Kier molecular flexibility index (Phi) is 12.2. The molecule has 0 heterocycles. The first kappa shape index (κ1) is 26.9. The van der Waals surface area contributed by atoms with Crippen molar-refractivity contribution >= 4 is 35.8 Å². The van der Waals surface area contributed by atoms with E-state index in [1.165, 1.54) is 5.56 Å². The predicted molar refractivity (Wildman–Crippen MR) is 140 cm³/mol. The van der Waals surface area contributed by atoms with Gasteiger partial charge in [0.05, 0.1) is 6.04 Å². The molecule has 0 saturated carbocycles. The van der Waals surface area contributed by atoms with E-state index in [1.54, 1.807) is 26.0 Å². The highest BCUT2D eigenvalue weighted by Crippen LogP contribution is 2.19. The van der Waals surface area contributed by atoms with Crippen LogP contribution in [0.1, 0.15) is 41.4 Å². The van der Waals surface area contributed by atoms with Gasteiger partial charge in [0.25, 0.3) is 5.91 Å². The van der Waals surface area contributed by atoms with Gasteiger partial charge in [-0.05, 0) is 36.3 Å². The number of carbonyl (C=O) groups is 1. The molecular formula is C24H36IN5O. The number of nitrogens with zero attached hydrogens (tertiary/aromatic N) is 3. The quantitative estimate of drug-likeness (QED) is 0.291. The Balaban J connectivity index is 0.00000480. The fraction of sp³-hybridized carbons (Fsp3) is 0.417. The van der Waals surface area contributed by atoms with Crippen LogP contribution in [0.3, 0.4) is 0 Å². The second kappa shape index (κ2) is 14.0. The fourth-order valence-electron chi connectivity index (χ4n) is 3.42. The third-order valence-corrected chi connectivity index (χ3v) is 5.19. The van der Waals surface area contributed by atoms with Crippen molar-refractivity contribution in [3.8, 4) is 0 Å². The monoisotopic (exact) mass is 537 g/mol. The number of likely N-dealkylation sites (N-methyl/N-ethyl adjacent to an activating group) is 1. The molecule has 0 aliphatic heterocycles. The van der Waals surface area contributed by atoms with Crippen LogP contribution in [-0.2, 0) is 6.54 Å². The summed E-state index contributed by atoms with van der Waals surface area (Å²) in [6, 6.07) is 18.5. The lowest BCUT2D eigenvalue weighted by molar-refractivity contribution is 0.0827. The van der Waals surface area contributed by atoms with Gasteiger partial charge in [0.15, 0.2) is 5.96 Å². The van der Waals surface area contributed by atoms with Crippen molar-refractivity contribution in [1.82, 2.24) is 20.4 Å². The molecule has 0 saturated heterocycles. The molecule has 1 amide bonds. The van der Waals surface area contributed by atoms with Crippen LogP contribution in [0.25, 0.3) is 0 Å². The van der Waals surface area contributed by atoms with E-state index < -0.39 is 0 Å². The van der Waals surface area contributed by atoms with Gasteiger partial charge in [0.2, 0.25) is 0 Å². The fourth-order valence-corrected chi connectivity index (χ4v) is 3.42. The molecule has 2 N–H and O–H groups in total. The number of carbonyl (C=O) groups excluding carboxylic acids is 1. The number of hydrogen-bond donors (Lipinski definition) is 2. The van der Waals surface area contributed by atoms with E-state index in [4.69, 9.17) is 0 Å². The third kappa shape index (κ3) is 8.14. The summed E-state index contributed by atoms with van der Waals surface area (Å²) in [4.78, 5) is 20.4. The van der Waals surface area contributed by atoms with Crippen LogP contribution < -0.4 is 10.6 Å². The summed E-state index contributed by atoms with van der Waals surface area (Å²) in [7, 11) is 5.30. The highest BCUT2D eigenvalue weighted by atomic mass is 127. The number of guanidine groups is 1. The van der Waals surface area contributed by atoms with E-state index in [1.807, 2.05) is 30.3 Å². The van der Waals surface area contributed by atoms with Gasteiger partial charge in [-0.25, -0.2) is 0 Å². The summed E-state index contributed by atoms with van der Waals surface area (Å²) in [5.74, 6) is 0.770. The molecule has 6 nitrogen and oxygen atoms in total. The van der Waals surface area contributed by atoms with Gasteiger partial charge in [-0.3, -0.25) is 14.7 Å². The van der Waals surface area contributed by atoms with Gasteiger partial charge < -0.3 is 15.5 Å². The highest BCUT2D eigenvalue weighted by molar-refractivity contribution is 14.0. The van der Waals surface area contributed by atoms with Crippen LogP contribution in [0.4, 0.5) is 0 Å². The largest absolute Gasteiger partial charge is 0.354 e. The zero-order chi connectivity index (χ0) is 21.9. The third-order valence-electron chi connectivity index (χ3n) is 5.19. The molecular weight excluding hydrogens is 501 g/mol. The van der Waals surface area contributed by atoms with E-state index in [0.29, 0.717) is 12.1 Å². The molecule has 2 aromatic rings. The molecule has 0 aliphatic rings. The maximum Gasteiger partial charge on any atom is 0.253 e. The number of rotatable bonds is 9. The molecule has 2 rings (SSSR count). The van der Waals surface area contributed by atoms with E-state index in [-0.39, 0.29) is 35.9 Å². The van der Waals surface area contributed by atoms with E-state index in [0.717, 1.165) is 31.2 Å². The average molecular weight is 537 g/mol. The summed E-state index contributed by atoms with van der Waals surface area (Å²) in [5.41, 5.74) is 3.08. The smallest absolute Gasteiger partial charge is 0.253 e. The minimum absolute atomic E-state index is 0. The summed E-state index contributed by atoms with van der Waals surface area (Å²) in [6.45, 7) is 7.76. The van der Waals surface area contributed by atoms with Gasteiger partial charge in [-0.1, -0.05) is 56.3 Å². The molecule has 0 aliphatic carbocycles. The molecule has 0 spiro atoms. The normalized spacial score (nSPS) is 12.1. The Morgan fingerprint density at radius 1 is 0.968 bits per heavy atom. The Morgan fingerprint density at radius 3 is 2.10 bits per heavy atom. The van der Waals surface area contributed by atoms with Crippen molar-refractivity contribution in [1.29, 1.82) is 0 Å². The summed E-state index contributed by atoms with van der Waals surface area (Å²) >= 11 is 0. The van der Waals surface area contributed by atoms with Crippen molar-refractivity contribution in [2.45, 2.75) is 26.4 Å². The second-order valence-corrected chi connectivity index (χ2v) is 7.35. The van der Waals surface area contributed by atoms with Crippen molar-refractivity contribution in [2.24, 2.45) is 4.99 Å². The van der Waals surface area contributed by atoms with E-state index in [9.17, 15) is 4.79 Å². The molecule has 0 fully saturated rings. The number of aliphatic imine (C=N–C) groups is 1. The van der Waals surface area contributed by atoms with Crippen molar-refractivity contribution in [2.75, 3.05) is 40.8 Å². The topological polar surface area (TPSA) is 60.0 Å². The summed E-state index contributed by atoms with van der Waals surface area (Å²) < 4.78 is 0. The Bertz CT molecular complexity index is 804. The van der Waals surface area contributed by atoms with Crippen LogP contribution >= 0.6 is 24.0 Å². The Hall–Kier alpha value is -2.13. The van der Waals surface area contributed by atoms with Crippen molar-refractivity contribution in [3.63, 3.8) is 0 Å². The first-order valence-corrected chi connectivity index (χ1v) is 10.5. The lowest BCUT2D eigenvalue weighted by Gasteiger charge is -2.30. The molecule has 170 valence electrons. The standard InChI is InChI=1S/C24H35N5O.HI/c1-6-29(7-2)22(20-11-9-8-10-12-20)18-27-24(25-3)26-17-19-13-15-21(16-14-19)23(30)28(4)5;/h8-16,22H,6-7,17-18H2,1-5H3,(H2,25,26,27);1H. The van der Waals surface area contributed by atoms with Crippen LogP contribution in [0.5, 0.6) is 0 Å². The van der Waals surface area contributed by atoms with Crippen LogP contribution in [0.15, 0.2) is 59.6 Å². The van der Waals surface area contributed by atoms with Gasteiger partial charge in [-0.2, -0.15) is 0 Å². The molecule has 0 radical (unpaired) electrons. The molecule has 7 heteroatoms. The molecule has 1 unspecified atom stereocenters. The Labute approximate surface area is 204 Å². The van der Waals surface area contributed by atoms with Gasteiger partial charge in [-0.15, -0.1) is 24.0 Å². The minimum atomic E-state index is 0. The van der Waals surface area contributed by atoms with Crippen LogP contribution in [0.2, 0.25) is 0 Å². The highest BCUT2D eigenvalue weighted by Gasteiger charge is 2.18. The number of nitrogens with one attached hydrogen (secondary N) is 2. The van der Waals surface area contributed by atoms with Gasteiger partial charge in [0.1, 0.15) is 0 Å². The minimum Gasteiger partial charge on any atom is -0.354 e. The number of halogens is 1. The maximum absolute atomic E-state index is 12.0. The van der Waals surface area contributed by atoms with E-state index >= 15 is 0 Å². The van der Waals surface area contributed by atoms with Gasteiger partial charge >= 0.3 is 0 Å². The van der Waals surface area contributed by atoms with Crippen molar-refractivity contribution < 1.29 is 4.79 Å². The molecule has 0 bridgehead atoms. The maximum atomic E-state index is 12.0. The van der Waals surface area contributed by atoms with Crippen molar-refractivity contribution in [3.05, 3.63) is 71.3 Å². The first-order chi connectivity index (χ1) is 14.5. The predicted octanol–water partition coefficient (Wildman–Crippen LogP) is 3.75. The lowest BCUT2D eigenvalue weighted by Crippen LogP contribution is -2.43. The summed E-state index contributed by atoms with van der Waals surface area (Å²) in [5, 5.41) is 6.83. The Morgan fingerprint density at radius 2 is 1.58 bits per heavy atom. The van der Waals surface area contributed by atoms with Crippen LogP contribution in [-0.4, -0.2) is 62.4 Å². The number of benzene rings is 2. The zero-order valence-corrected chi connectivity index (χ0v) is 21.6. The molecule has 2 aromatic carbocycles. The second-order valence-electron chi connectivity index (χ2n) is 7.35. The SMILES string of the molecule is CCN(CC)C(CNC(=NC)NCc1ccc(C(=O)N(C)C)cc1)c1ccccc1.I. The first-order valence-electron chi connectivity index (χ1n) is 10.5.